The van der Waals surface area contributed by atoms with Crippen LogP contribution in [0.2, 0.25) is 0 Å². The number of Topliss-reactive ketones (excluding diaryl/α,β-unsaturated/α-hetero) is 1. The Labute approximate surface area is 97.5 Å². The number of carbonyl (C=O) groups is 1. The molecule has 4 heteroatoms. The molecule has 0 aromatic carbocycles. The summed E-state index contributed by atoms with van der Waals surface area (Å²) in [5.74, 6) is -0.980. The summed E-state index contributed by atoms with van der Waals surface area (Å²) in [6, 6.07) is 3.06. The van der Waals surface area contributed by atoms with Crippen molar-refractivity contribution in [2.45, 2.75) is 6.42 Å². The van der Waals surface area contributed by atoms with Crippen LogP contribution in [0.4, 0.5) is 4.39 Å². The predicted molar refractivity (Wildman–Crippen MR) is 59.6 cm³/mol. The second kappa shape index (κ2) is 4.58. The fourth-order valence-corrected chi connectivity index (χ4v) is 1.71. The molecule has 1 aliphatic rings. The minimum Gasteiger partial charge on any atom is -0.288 e. The van der Waals surface area contributed by atoms with Gasteiger partial charge >= 0.3 is 0 Å². The molecule has 0 unspecified atom stereocenters. The van der Waals surface area contributed by atoms with E-state index in [9.17, 15) is 9.18 Å². The number of allylic oxidation sites excluding steroid dienone is 4. The standard InChI is InChI=1S/C12H8ClFNO/c13-9-2-1-3-10(14)11(9)12(16)8-4-6-15-7-5-8/h2-7H,1H2. The topological polar surface area (TPSA) is 30.0 Å². The molecule has 0 atom stereocenters. The van der Waals surface area contributed by atoms with E-state index in [1.54, 1.807) is 6.08 Å². The van der Waals surface area contributed by atoms with E-state index < -0.39 is 11.6 Å². The van der Waals surface area contributed by atoms with Gasteiger partial charge in [0.1, 0.15) is 5.83 Å². The summed E-state index contributed by atoms with van der Waals surface area (Å²) in [4.78, 5) is 15.7. The minimum absolute atomic E-state index is 0.0703. The summed E-state index contributed by atoms with van der Waals surface area (Å²) in [6.07, 6.45) is 6.32. The largest absolute Gasteiger partial charge is 0.288 e. The van der Waals surface area contributed by atoms with Crippen molar-refractivity contribution in [3.63, 3.8) is 0 Å². The number of pyridine rings is 1. The van der Waals surface area contributed by atoms with Gasteiger partial charge in [0, 0.05) is 24.4 Å². The van der Waals surface area contributed by atoms with Crippen molar-refractivity contribution in [1.82, 2.24) is 4.98 Å². The number of ketones is 1. The highest BCUT2D eigenvalue weighted by Crippen LogP contribution is 2.30. The number of rotatable bonds is 2. The molecule has 0 fully saturated rings. The SMILES string of the molecule is O=C(C1=C(F)[CH]CC=C1Cl)c1ccncc1. The predicted octanol–water partition coefficient (Wildman–Crippen LogP) is 3.22. The molecule has 16 heavy (non-hydrogen) atoms. The molecule has 81 valence electrons. The van der Waals surface area contributed by atoms with Crippen LogP contribution in [0.5, 0.6) is 0 Å². The Morgan fingerprint density at radius 3 is 2.69 bits per heavy atom. The fraction of sp³-hybridized carbons (Fsp3) is 0.0833. The first-order chi connectivity index (χ1) is 7.70. The van der Waals surface area contributed by atoms with Crippen LogP contribution in [0.1, 0.15) is 16.8 Å². The molecule has 1 aliphatic carbocycles. The van der Waals surface area contributed by atoms with E-state index >= 15 is 0 Å². The van der Waals surface area contributed by atoms with Gasteiger partial charge in [0.15, 0.2) is 5.78 Å². The maximum Gasteiger partial charge on any atom is 0.197 e. The third kappa shape index (κ3) is 2.04. The first kappa shape index (κ1) is 11.0. The van der Waals surface area contributed by atoms with Crippen molar-refractivity contribution >= 4 is 17.4 Å². The molecule has 0 bridgehead atoms. The number of hydrogen-bond acceptors (Lipinski definition) is 2. The van der Waals surface area contributed by atoms with Crippen LogP contribution in [-0.2, 0) is 0 Å². The maximum absolute atomic E-state index is 13.5. The van der Waals surface area contributed by atoms with Crippen molar-refractivity contribution in [1.29, 1.82) is 0 Å². The zero-order valence-corrected chi connectivity index (χ0v) is 9.04. The van der Waals surface area contributed by atoms with Crippen LogP contribution in [0.25, 0.3) is 0 Å². The Bertz CT molecular complexity index is 479. The van der Waals surface area contributed by atoms with E-state index in [1.165, 1.54) is 30.9 Å². The molecule has 0 N–H and O–H groups in total. The van der Waals surface area contributed by atoms with Crippen molar-refractivity contribution in [2.75, 3.05) is 0 Å². The zero-order valence-electron chi connectivity index (χ0n) is 8.28. The Morgan fingerprint density at radius 2 is 2.06 bits per heavy atom. The van der Waals surface area contributed by atoms with Crippen molar-refractivity contribution in [3.8, 4) is 0 Å². The number of hydrogen-bond donors (Lipinski definition) is 0. The Balaban J connectivity index is 2.39. The number of carbonyl (C=O) groups excluding carboxylic acids is 1. The smallest absolute Gasteiger partial charge is 0.197 e. The summed E-state index contributed by atoms with van der Waals surface area (Å²) in [5, 5.41) is 0.168. The van der Waals surface area contributed by atoms with Crippen LogP contribution in [0, 0.1) is 6.42 Å². The van der Waals surface area contributed by atoms with Gasteiger partial charge in [-0.15, -0.1) is 0 Å². The van der Waals surface area contributed by atoms with E-state index in [0.717, 1.165) is 0 Å². The highest BCUT2D eigenvalue weighted by atomic mass is 35.5. The molecular formula is C12H8ClFNO. The minimum atomic E-state index is -0.561. The molecule has 1 aromatic rings. The summed E-state index contributed by atoms with van der Waals surface area (Å²) >= 11 is 5.83. The zero-order chi connectivity index (χ0) is 11.5. The lowest BCUT2D eigenvalue weighted by Crippen LogP contribution is -2.08. The van der Waals surface area contributed by atoms with Gasteiger partial charge in [-0.25, -0.2) is 4.39 Å². The molecule has 0 spiro atoms. The summed E-state index contributed by atoms with van der Waals surface area (Å²) < 4.78 is 13.5. The summed E-state index contributed by atoms with van der Waals surface area (Å²) in [6.45, 7) is 0. The van der Waals surface area contributed by atoms with Crippen molar-refractivity contribution < 1.29 is 9.18 Å². The van der Waals surface area contributed by atoms with Gasteiger partial charge in [0.25, 0.3) is 0 Å². The Kier molecular flexibility index (Phi) is 3.15. The van der Waals surface area contributed by atoms with Crippen molar-refractivity contribution in [2.24, 2.45) is 0 Å². The molecule has 0 aliphatic heterocycles. The normalized spacial score (nSPS) is 16.0. The quantitative estimate of drug-likeness (QED) is 0.738. The van der Waals surface area contributed by atoms with E-state index in [0.29, 0.717) is 12.0 Å². The lowest BCUT2D eigenvalue weighted by atomic mass is 9.98. The Hall–Kier alpha value is -1.48. The molecule has 1 aromatic heterocycles. The van der Waals surface area contributed by atoms with Gasteiger partial charge in [-0.1, -0.05) is 17.7 Å². The molecule has 1 radical (unpaired) electrons. The molecule has 0 saturated carbocycles. The van der Waals surface area contributed by atoms with Gasteiger partial charge in [-0.3, -0.25) is 9.78 Å². The van der Waals surface area contributed by atoms with Crippen LogP contribution < -0.4 is 0 Å². The van der Waals surface area contributed by atoms with Crippen LogP contribution in [0.3, 0.4) is 0 Å². The van der Waals surface area contributed by atoms with Crippen molar-refractivity contribution in [3.05, 3.63) is 59.0 Å². The highest BCUT2D eigenvalue weighted by Gasteiger charge is 2.22. The lowest BCUT2D eigenvalue weighted by molar-refractivity contribution is 0.103. The lowest BCUT2D eigenvalue weighted by Gasteiger charge is -2.11. The van der Waals surface area contributed by atoms with Gasteiger partial charge in [-0.2, -0.15) is 0 Å². The molecular weight excluding hydrogens is 229 g/mol. The van der Waals surface area contributed by atoms with E-state index in [4.69, 9.17) is 11.6 Å². The molecule has 0 saturated heterocycles. The summed E-state index contributed by atoms with van der Waals surface area (Å²) in [5.41, 5.74) is 0.307. The molecule has 2 nitrogen and oxygen atoms in total. The van der Waals surface area contributed by atoms with Gasteiger partial charge in [0.05, 0.1) is 10.6 Å². The van der Waals surface area contributed by atoms with Crippen LogP contribution in [-0.4, -0.2) is 10.8 Å². The van der Waals surface area contributed by atoms with Crippen LogP contribution in [0.15, 0.2) is 47.0 Å². The average molecular weight is 237 g/mol. The number of nitrogens with zero attached hydrogens (tertiary/aromatic N) is 1. The second-order valence-corrected chi connectivity index (χ2v) is 3.69. The molecule has 1 heterocycles. The maximum atomic E-state index is 13.5. The van der Waals surface area contributed by atoms with E-state index in [1.807, 2.05) is 0 Å². The van der Waals surface area contributed by atoms with Crippen LogP contribution >= 0.6 is 11.6 Å². The average Bonchev–Trinajstić information content (AvgIpc) is 2.30. The summed E-state index contributed by atoms with van der Waals surface area (Å²) in [7, 11) is 0. The monoisotopic (exact) mass is 236 g/mol. The number of halogens is 2. The molecule has 2 rings (SSSR count). The van der Waals surface area contributed by atoms with Gasteiger partial charge in [-0.05, 0) is 18.6 Å². The van der Waals surface area contributed by atoms with Gasteiger partial charge < -0.3 is 0 Å². The van der Waals surface area contributed by atoms with E-state index in [2.05, 4.69) is 4.98 Å². The number of aromatic nitrogens is 1. The van der Waals surface area contributed by atoms with E-state index in [-0.39, 0.29) is 10.6 Å². The highest BCUT2D eigenvalue weighted by molar-refractivity contribution is 6.37. The van der Waals surface area contributed by atoms with Gasteiger partial charge in [0.2, 0.25) is 0 Å². The second-order valence-electron chi connectivity index (χ2n) is 3.28. The third-order valence-corrected chi connectivity index (χ3v) is 2.58. The first-order valence-electron chi connectivity index (χ1n) is 4.74. The molecule has 0 amide bonds. The first-order valence-corrected chi connectivity index (χ1v) is 5.11. The Morgan fingerprint density at radius 1 is 1.38 bits per heavy atom. The third-order valence-electron chi connectivity index (χ3n) is 2.24. The fourth-order valence-electron chi connectivity index (χ4n) is 1.45.